The van der Waals surface area contributed by atoms with Crippen LogP contribution in [0, 0.1) is 6.92 Å². The molecule has 1 aliphatic heterocycles. The van der Waals surface area contributed by atoms with Crippen LogP contribution < -0.4 is 10.2 Å². The number of carbonyl (C=O) groups excluding carboxylic acids is 2. The maximum absolute atomic E-state index is 13.6. The molecule has 1 aromatic rings. The lowest BCUT2D eigenvalue weighted by Gasteiger charge is -2.47. The molecule has 1 atom stereocenters. The molecule has 1 saturated carbocycles. The van der Waals surface area contributed by atoms with Crippen molar-refractivity contribution in [3.05, 3.63) is 28.8 Å². The first kappa shape index (κ1) is 24.0. The average Bonchev–Trinajstić information content (AvgIpc) is 2.71. The van der Waals surface area contributed by atoms with Gasteiger partial charge in [-0.25, -0.2) is 8.42 Å². The summed E-state index contributed by atoms with van der Waals surface area (Å²) in [7, 11) is -3.65. The summed E-state index contributed by atoms with van der Waals surface area (Å²) in [6.45, 7) is 4.84. The highest BCUT2D eigenvalue weighted by Gasteiger charge is 2.51. The molecule has 1 N–H and O–H groups in total. The van der Waals surface area contributed by atoms with Crippen molar-refractivity contribution in [3.63, 3.8) is 0 Å². The highest BCUT2D eigenvalue weighted by atomic mass is 35.5. The third-order valence-corrected chi connectivity index (χ3v) is 8.68. The highest BCUT2D eigenvalue weighted by Crippen LogP contribution is 2.35. The summed E-state index contributed by atoms with van der Waals surface area (Å²) in [4.78, 5) is 28.4. The van der Waals surface area contributed by atoms with Crippen LogP contribution in [0.3, 0.4) is 0 Å². The van der Waals surface area contributed by atoms with Crippen molar-refractivity contribution in [2.24, 2.45) is 0 Å². The molecule has 2 aliphatic rings. The zero-order valence-electron chi connectivity index (χ0n) is 18.5. The van der Waals surface area contributed by atoms with Crippen molar-refractivity contribution in [3.8, 4) is 0 Å². The fraction of sp³-hybridized carbons (Fsp3) is 0.636. The van der Waals surface area contributed by atoms with Gasteiger partial charge in [0.1, 0.15) is 5.54 Å². The quantitative estimate of drug-likeness (QED) is 0.692. The van der Waals surface area contributed by atoms with Gasteiger partial charge in [-0.15, -0.1) is 0 Å². The Bertz CT molecular complexity index is 946. The fourth-order valence-electron chi connectivity index (χ4n) is 4.55. The smallest absolute Gasteiger partial charge is 0.247 e. The summed E-state index contributed by atoms with van der Waals surface area (Å²) in [6.07, 6.45) is 5.48. The number of hydrogen-bond donors (Lipinski definition) is 1. The number of halogens is 1. The van der Waals surface area contributed by atoms with E-state index in [-0.39, 0.29) is 30.8 Å². The SMILES string of the molecule is CCCS(=O)(=O)N1CC(=O)N(c2cccc(Cl)c2C)C(C)(C(=O)NC2CCCCC2)C1. The van der Waals surface area contributed by atoms with Crippen molar-refractivity contribution in [2.75, 3.05) is 23.7 Å². The number of nitrogens with zero attached hydrogens (tertiary/aromatic N) is 2. The Labute approximate surface area is 190 Å². The lowest BCUT2D eigenvalue weighted by molar-refractivity contribution is -0.133. The number of amides is 2. The van der Waals surface area contributed by atoms with Gasteiger partial charge in [0, 0.05) is 23.3 Å². The summed E-state index contributed by atoms with van der Waals surface area (Å²) in [6, 6.07) is 5.25. The number of nitrogens with one attached hydrogen (secondary N) is 1. The van der Waals surface area contributed by atoms with Gasteiger partial charge in [0.25, 0.3) is 0 Å². The zero-order valence-corrected chi connectivity index (χ0v) is 20.1. The van der Waals surface area contributed by atoms with Crippen LogP contribution in [0.5, 0.6) is 0 Å². The van der Waals surface area contributed by atoms with Crippen LogP contribution in [0.4, 0.5) is 5.69 Å². The van der Waals surface area contributed by atoms with Crippen LogP contribution in [0.2, 0.25) is 5.02 Å². The molecule has 0 aromatic heterocycles. The Morgan fingerprint density at radius 1 is 1.26 bits per heavy atom. The second-order valence-corrected chi connectivity index (χ2v) is 11.3. The molecule has 1 aliphatic carbocycles. The number of piperazine rings is 1. The van der Waals surface area contributed by atoms with Gasteiger partial charge < -0.3 is 5.32 Å². The van der Waals surface area contributed by atoms with E-state index in [1.165, 1.54) is 4.90 Å². The molecule has 0 radical (unpaired) electrons. The van der Waals surface area contributed by atoms with Gasteiger partial charge in [0.15, 0.2) is 0 Å². The first-order valence-electron chi connectivity index (χ1n) is 11.0. The molecule has 31 heavy (non-hydrogen) atoms. The van der Waals surface area contributed by atoms with E-state index in [2.05, 4.69) is 5.32 Å². The van der Waals surface area contributed by atoms with Crippen molar-refractivity contribution in [2.45, 2.75) is 70.9 Å². The molecule has 2 amide bonds. The van der Waals surface area contributed by atoms with E-state index in [0.29, 0.717) is 22.7 Å². The van der Waals surface area contributed by atoms with Crippen molar-refractivity contribution < 1.29 is 18.0 Å². The van der Waals surface area contributed by atoms with E-state index >= 15 is 0 Å². The van der Waals surface area contributed by atoms with Crippen LogP contribution in [0.25, 0.3) is 0 Å². The molecule has 9 heteroatoms. The van der Waals surface area contributed by atoms with E-state index < -0.39 is 21.5 Å². The number of sulfonamides is 1. The van der Waals surface area contributed by atoms with Crippen LogP contribution in [-0.2, 0) is 19.6 Å². The molecule has 0 spiro atoms. The summed E-state index contributed by atoms with van der Waals surface area (Å²) >= 11 is 6.31. The van der Waals surface area contributed by atoms with E-state index in [4.69, 9.17) is 11.6 Å². The standard InChI is InChI=1S/C22H32ClN3O4S/c1-4-13-31(29,30)25-14-20(27)26(19-12-8-11-18(23)16(19)2)22(3,15-25)21(28)24-17-9-6-5-7-10-17/h8,11-12,17H,4-7,9-10,13-15H2,1-3H3,(H,24,28). The van der Waals surface area contributed by atoms with Crippen LogP contribution in [0.15, 0.2) is 18.2 Å². The molecule has 0 bridgehead atoms. The van der Waals surface area contributed by atoms with Gasteiger partial charge in [-0.05, 0) is 50.8 Å². The van der Waals surface area contributed by atoms with Crippen LogP contribution in [-0.4, -0.2) is 55.0 Å². The van der Waals surface area contributed by atoms with E-state index in [9.17, 15) is 18.0 Å². The molecule has 2 fully saturated rings. The number of benzene rings is 1. The Morgan fingerprint density at radius 2 is 1.94 bits per heavy atom. The van der Waals surface area contributed by atoms with Crippen molar-refractivity contribution in [1.29, 1.82) is 0 Å². The second-order valence-electron chi connectivity index (χ2n) is 8.78. The zero-order chi connectivity index (χ0) is 22.8. The van der Waals surface area contributed by atoms with E-state index in [1.54, 1.807) is 39.0 Å². The number of carbonyl (C=O) groups is 2. The largest absolute Gasteiger partial charge is 0.351 e. The number of rotatable bonds is 6. The lowest BCUT2D eigenvalue weighted by Crippen LogP contribution is -2.71. The van der Waals surface area contributed by atoms with Gasteiger partial charge in [0.2, 0.25) is 21.8 Å². The minimum atomic E-state index is -3.65. The Balaban J connectivity index is 2.02. The van der Waals surface area contributed by atoms with Gasteiger partial charge in [-0.3, -0.25) is 14.5 Å². The molecule has 7 nitrogen and oxygen atoms in total. The molecule has 3 rings (SSSR count). The van der Waals surface area contributed by atoms with Gasteiger partial charge in [0.05, 0.1) is 12.3 Å². The molecule has 1 aromatic carbocycles. The Kier molecular flexibility index (Phi) is 7.33. The maximum atomic E-state index is 13.6. The number of anilines is 1. The molecule has 1 unspecified atom stereocenters. The highest BCUT2D eigenvalue weighted by molar-refractivity contribution is 7.89. The fourth-order valence-corrected chi connectivity index (χ4v) is 6.25. The topological polar surface area (TPSA) is 86.8 Å². The lowest BCUT2D eigenvalue weighted by atomic mass is 9.91. The monoisotopic (exact) mass is 469 g/mol. The van der Waals surface area contributed by atoms with Crippen LogP contribution >= 0.6 is 11.6 Å². The van der Waals surface area contributed by atoms with Gasteiger partial charge in [-0.2, -0.15) is 4.31 Å². The minimum absolute atomic E-state index is 0.0399. The third-order valence-electron chi connectivity index (χ3n) is 6.30. The Morgan fingerprint density at radius 3 is 2.58 bits per heavy atom. The molecule has 1 heterocycles. The van der Waals surface area contributed by atoms with E-state index in [1.807, 2.05) is 0 Å². The first-order chi connectivity index (χ1) is 14.6. The van der Waals surface area contributed by atoms with Crippen molar-refractivity contribution in [1.82, 2.24) is 9.62 Å². The van der Waals surface area contributed by atoms with Gasteiger partial charge >= 0.3 is 0 Å². The summed E-state index contributed by atoms with van der Waals surface area (Å²) in [5, 5.41) is 3.59. The summed E-state index contributed by atoms with van der Waals surface area (Å²) < 4.78 is 26.8. The molecule has 1 saturated heterocycles. The average molecular weight is 470 g/mol. The normalized spacial score (nSPS) is 23.7. The van der Waals surface area contributed by atoms with E-state index in [0.717, 1.165) is 36.4 Å². The summed E-state index contributed by atoms with van der Waals surface area (Å²) in [5.41, 5.74) is -0.173. The third kappa shape index (κ3) is 4.91. The van der Waals surface area contributed by atoms with Crippen molar-refractivity contribution >= 4 is 39.1 Å². The van der Waals surface area contributed by atoms with Crippen LogP contribution in [0.1, 0.15) is 57.9 Å². The maximum Gasteiger partial charge on any atom is 0.247 e. The summed E-state index contributed by atoms with van der Waals surface area (Å²) in [5.74, 6) is -0.822. The predicted molar refractivity (Wildman–Crippen MR) is 123 cm³/mol. The minimum Gasteiger partial charge on any atom is -0.351 e. The molecular weight excluding hydrogens is 438 g/mol. The predicted octanol–water partition coefficient (Wildman–Crippen LogP) is 3.24. The first-order valence-corrected chi connectivity index (χ1v) is 13.0. The van der Waals surface area contributed by atoms with Gasteiger partial charge in [-0.1, -0.05) is 43.9 Å². The molecular formula is C22H32ClN3O4S. The molecule has 172 valence electrons. The Hall–Kier alpha value is -1.64. The second kappa shape index (κ2) is 9.46. The number of hydrogen-bond acceptors (Lipinski definition) is 4.